The van der Waals surface area contributed by atoms with E-state index < -0.39 is 0 Å². The van der Waals surface area contributed by atoms with Gasteiger partial charge in [-0.15, -0.1) is 0 Å². The molecule has 2 rings (SSSR count). The van der Waals surface area contributed by atoms with Gasteiger partial charge in [-0.25, -0.2) is 15.8 Å². The fourth-order valence-corrected chi connectivity index (χ4v) is 3.38. The van der Waals surface area contributed by atoms with Crippen molar-refractivity contribution in [3.05, 3.63) is 11.9 Å². The van der Waals surface area contributed by atoms with Crippen LogP contribution < -0.4 is 16.6 Å². The van der Waals surface area contributed by atoms with Crippen LogP contribution in [0.3, 0.4) is 0 Å². The average Bonchev–Trinajstić information content (AvgIpc) is 2.47. The molecule has 0 atom stereocenters. The number of thioether (sulfide) groups is 1. The number of anilines is 2. The molecule has 0 aliphatic heterocycles. The molecule has 0 aromatic carbocycles. The van der Waals surface area contributed by atoms with Crippen molar-refractivity contribution in [2.24, 2.45) is 5.84 Å². The van der Waals surface area contributed by atoms with Crippen LogP contribution in [0.25, 0.3) is 0 Å². The van der Waals surface area contributed by atoms with Crippen LogP contribution in [0, 0.1) is 0 Å². The molecule has 19 heavy (non-hydrogen) atoms. The maximum atomic E-state index is 5.49. The number of nitrogens with one attached hydrogen (secondary N) is 2. The summed E-state index contributed by atoms with van der Waals surface area (Å²) in [6.45, 7) is 2.09. The van der Waals surface area contributed by atoms with E-state index >= 15 is 0 Å². The lowest BCUT2D eigenvalue weighted by Crippen LogP contribution is -2.28. The van der Waals surface area contributed by atoms with Crippen molar-refractivity contribution in [3.8, 4) is 0 Å². The molecule has 1 aliphatic rings. The predicted molar refractivity (Wildman–Crippen MR) is 82.4 cm³/mol. The fourth-order valence-electron chi connectivity index (χ4n) is 2.63. The molecule has 6 heteroatoms. The van der Waals surface area contributed by atoms with Crippen LogP contribution in [0.5, 0.6) is 0 Å². The molecule has 0 radical (unpaired) electrons. The minimum atomic E-state index is 0.522. The van der Waals surface area contributed by atoms with Crippen molar-refractivity contribution in [1.82, 2.24) is 9.97 Å². The number of aromatic nitrogens is 2. The Bertz CT molecular complexity index is 404. The molecule has 1 aromatic rings. The zero-order valence-corrected chi connectivity index (χ0v) is 12.5. The van der Waals surface area contributed by atoms with Gasteiger partial charge in [0.25, 0.3) is 0 Å². The Hall–Kier alpha value is -1.01. The minimum Gasteiger partial charge on any atom is -0.367 e. The third kappa shape index (κ3) is 3.51. The lowest BCUT2D eigenvalue weighted by atomic mass is 9.95. The second-order valence-electron chi connectivity index (χ2n) is 4.90. The summed E-state index contributed by atoms with van der Waals surface area (Å²) in [6, 6.07) is 0.522. The molecule has 0 spiro atoms. The first-order valence-corrected chi connectivity index (χ1v) is 8.17. The lowest BCUT2D eigenvalue weighted by molar-refractivity contribution is 0.472. The standard InChI is InChI=1S/C13H23N5S/c1-3-11-12(15-8-16-13(11)18-14)17-9-4-6-10(19-2)7-5-9/h8-10H,3-7,14H2,1-2H3,(H2,15,16,17,18). The van der Waals surface area contributed by atoms with Crippen molar-refractivity contribution in [2.75, 3.05) is 17.0 Å². The molecule has 0 unspecified atom stereocenters. The van der Waals surface area contributed by atoms with E-state index in [2.05, 4.69) is 33.9 Å². The number of rotatable bonds is 5. The summed E-state index contributed by atoms with van der Waals surface area (Å²) in [7, 11) is 0. The van der Waals surface area contributed by atoms with Crippen LogP contribution in [0.2, 0.25) is 0 Å². The third-order valence-corrected chi connectivity index (χ3v) is 4.92. The van der Waals surface area contributed by atoms with Crippen molar-refractivity contribution in [1.29, 1.82) is 0 Å². The Morgan fingerprint density at radius 3 is 2.53 bits per heavy atom. The van der Waals surface area contributed by atoms with Gasteiger partial charge < -0.3 is 10.7 Å². The van der Waals surface area contributed by atoms with Crippen molar-refractivity contribution in [2.45, 2.75) is 50.3 Å². The fraction of sp³-hybridized carbons (Fsp3) is 0.692. The van der Waals surface area contributed by atoms with E-state index in [4.69, 9.17) is 5.84 Å². The molecule has 0 amide bonds. The van der Waals surface area contributed by atoms with Gasteiger partial charge in [-0.2, -0.15) is 11.8 Å². The van der Waals surface area contributed by atoms with Crippen LogP contribution >= 0.6 is 11.8 Å². The topological polar surface area (TPSA) is 75.9 Å². The van der Waals surface area contributed by atoms with E-state index in [0.29, 0.717) is 6.04 Å². The van der Waals surface area contributed by atoms with E-state index in [-0.39, 0.29) is 0 Å². The first kappa shape index (κ1) is 14.4. The van der Waals surface area contributed by atoms with Crippen molar-refractivity contribution >= 4 is 23.4 Å². The minimum absolute atomic E-state index is 0.522. The van der Waals surface area contributed by atoms with Crippen LogP contribution in [-0.4, -0.2) is 27.5 Å². The Labute approximate surface area is 119 Å². The quantitative estimate of drug-likeness (QED) is 0.568. The molecule has 0 saturated heterocycles. The van der Waals surface area contributed by atoms with Gasteiger partial charge in [0, 0.05) is 16.9 Å². The number of nitrogen functional groups attached to an aromatic ring is 1. The van der Waals surface area contributed by atoms with Gasteiger partial charge in [0.1, 0.15) is 18.0 Å². The van der Waals surface area contributed by atoms with E-state index in [1.54, 1.807) is 6.33 Å². The number of hydrogen-bond donors (Lipinski definition) is 3. The van der Waals surface area contributed by atoms with Crippen LogP contribution in [0.1, 0.15) is 38.2 Å². The molecule has 5 nitrogen and oxygen atoms in total. The maximum absolute atomic E-state index is 5.49. The van der Waals surface area contributed by atoms with E-state index in [1.807, 2.05) is 11.8 Å². The molecule has 1 aliphatic carbocycles. The molecule has 4 N–H and O–H groups in total. The van der Waals surface area contributed by atoms with Gasteiger partial charge in [0.05, 0.1) is 0 Å². The Morgan fingerprint density at radius 1 is 1.26 bits per heavy atom. The molecule has 1 fully saturated rings. The normalized spacial score (nSPS) is 23.1. The largest absolute Gasteiger partial charge is 0.367 e. The highest BCUT2D eigenvalue weighted by molar-refractivity contribution is 7.99. The zero-order chi connectivity index (χ0) is 13.7. The molecule has 106 valence electrons. The van der Waals surface area contributed by atoms with Crippen molar-refractivity contribution < 1.29 is 0 Å². The summed E-state index contributed by atoms with van der Waals surface area (Å²) in [5.41, 5.74) is 3.71. The second kappa shape index (κ2) is 6.96. The Kier molecular flexibility index (Phi) is 5.27. The molecular weight excluding hydrogens is 258 g/mol. The SMILES string of the molecule is CCc1c(NN)ncnc1NC1CCC(SC)CC1. The van der Waals surface area contributed by atoms with Gasteiger partial charge in [0.2, 0.25) is 0 Å². The molecule has 0 bridgehead atoms. The van der Waals surface area contributed by atoms with Gasteiger partial charge in [0.15, 0.2) is 0 Å². The van der Waals surface area contributed by atoms with Gasteiger partial charge in [-0.05, 0) is 38.4 Å². The summed E-state index contributed by atoms with van der Waals surface area (Å²) in [4.78, 5) is 8.52. The molecule has 1 heterocycles. The summed E-state index contributed by atoms with van der Waals surface area (Å²) in [5, 5.41) is 4.39. The molecule has 1 aromatic heterocycles. The number of hydrogen-bond acceptors (Lipinski definition) is 6. The number of nitrogens with two attached hydrogens (primary N) is 1. The summed E-state index contributed by atoms with van der Waals surface area (Å²) in [6.07, 6.45) is 9.62. The third-order valence-electron chi connectivity index (χ3n) is 3.78. The van der Waals surface area contributed by atoms with E-state index in [0.717, 1.165) is 28.9 Å². The molecule has 1 saturated carbocycles. The van der Waals surface area contributed by atoms with E-state index in [9.17, 15) is 0 Å². The van der Waals surface area contributed by atoms with E-state index in [1.165, 1.54) is 25.7 Å². The Balaban J connectivity index is 2.03. The average molecular weight is 281 g/mol. The van der Waals surface area contributed by atoms with Crippen molar-refractivity contribution in [3.63, 3.8) is 0 Å². The second-order valence-corrected chi connectivity index (χ2v) is 6.04. The Morgan fingerprint density at radius 2 is 1.95 bits per heavy atom. The highest BCUT2D eigenvalue weighted by Gasteiger charge is 2.21. The smallest absolute Gasteiger partial charge is 0.148 e. The maximum Gasteiger partial charge on any atom is 0.148 e. The first-order valence-electron chi connectivity index (χ1n) is 6.88. The van der Waals surface area contributed by atoms with Gasteiger partial charge in [-0.1, -0.05) is 6.92 Å². The zero-order valence-electron chi connectivity index (χ0n) is 11.6. The highest BCUT2D eigenvalue weighted by Crippen LogP contribution is 2.29. The van der Waals surface area contributed by atoms with Crippen LogP contribution in [-0.2, 0) is 6.42 Å². The number of nitrogens with zero attached hydrogens (tertiary/aromatic N) is 2. The van der Waals surface area contributed by atoms with Gasteiger partial charge >= 0.3 is 0 Å². The summed E-state index contributed by atoms with van der Waals surface area (Å²) < 4.78 is 0. The summed E-state index contributed by atoms with van der Waals surface area (Å²) in [5.74, 6) is 7.14. The molecular formula is C13H23N5S. The van der Waals surface area contributed by atoms with Gasteiger partial charge in [-0.3, -0.25) is 0 Å². The lowest BCUT2D eigenvalue weighted by Gasteiger charge is -2.29. The summed E-state index contributed by atoms with van der Waals surface area (Å²) >= 11 is 1.99. The monoisotopic (exact) mass is 281 g/mol. The highest BCUT2D eigenvalue weighted by atomic mass is 32.2. The van der Waals surface area contributed by atoms with Crippen LogP contribution in [0.4, 0.5) is 11.6 Å². The number of hydrazine groups is 1. The predicted octanol–water partition coefficient (Wildman–Crippen LogP) is 2.41. The van der Waals surface area contributed by atoms with Crippen LogP contribution in [0.15, 0.2) is 6.33 Å². The first-order chi connectivity index (χ1) is 9.28.